The second-order valence-electron chi connectivity index (χ2n) is 5.04. The number of rotatable bonds is 4. The van der Waals surface area contributed by atoms with Crippen LogP contribution in [0.2, 0.25) is 0 Å². The van der Waals surface area contributed by atoms with Gasteiger partial charge in [-0.3, -0.25) is 4.72 Å². The first kappa shape index (κ1) is 14.3. The van der Waals surface area contributed by atoms with Crippen molar-refractivity contribution < 1.29 is 12.8 Å². The molecule has 19 heavy (non-hydrogen) atoms. The molecule has 0 spiro atoms. The van der Waals surface area contributed by atoms with Crippen LogP contribution in [-0.2, 0) is 10.0 Å². The summed E-state index contributed by atoms with van der Waals surface area (Å²) in [7, 11) is -3.41. The smallest absolute Gasteiger partial charge is 0.232 e. The molecule has 0 atom stereocenters. The van der Waals surface area contributed by atoms with E-state index in [2.05, 4.69) is 10.0 Å². The molecule has 1 aromatic carbocycles. The molecule has 6 heteroatoms. The molecule has 1 saturated heterocycles. The highest BCUT2D eigenvalue weighted by Crippen LogP contribution is 2.18. The number of aryl methyl sites for hydroxylation is 1. The highest BCUT2D eigenvalue weighted by Gasteiger charge is 2.21. The summed E-state index contributed by atoms with van der Waals surface area (Å²) in [5.41, 5.74) is 0.790. The lowest BCUT2D eigenvalue weighted by atomic mass is 10.0. The molecular weight excluding hydrogens is 267 g/mol. The maximum Gasteiger partial charge on any atom is 0.232 e. The van der Waals surface area contributed by atoms with E-state index in [0.29, 0.717) is 5.56 Å². The van der Waals surface area contributed by atoms with Gasteiger partial charge in [-0.1, -0.05) is 6.07 Å². The van der Waals surface area contributed by atoms with Crippen LogP contribution in [0.4, 0.5) is 10.1 Å². The molecule has 0 saturated carbocycles. The molecular formula is C13H19FN2O2S. The number of anilines is 1. The number of sulfonamides is 1. The van der Waals surface area contributed by atoms with Crippen molar-refractivity contribution >= 4 is 15.7 Å². The Balaban J connectivity index is 2.01. The minimum Gasteiger partial charge on any atom is -0.317 e. The minimum atomic E-state index is -3.41. The van der Waals surface area contributed by atoms with Gasteiger partial charge in [-0.05, 0) is 56.5 Å². The third-order valence-electron chi connectivity index (χ3n) is 3.36. The fourth-order valence-corrected chi connectivity index (χ4v) is 3.76. The fourth-order valence-electron chi connectivity index (χ4n) is 2.24. The average molecular weight is 286 g/mol. The molecule has 0 aromatic heterocycles. The number of halogens is 1. The van der Waals surface area contributed by atoms with Crippen LogP contribution < -0.4 is 10.0 Å². The molecule has 0 aliphatic carbocycles. The van der Waals surface area contributed by atoms with Gasteiger partial charge >= 0.3 is 0 Å². The topological polar surface area (TPSA) is 58.2 Å². The van der Waals surface area contributed by atoms with Crippen LogP contribution in [0.15, 0.2) is 18.2 Å². The SMILES string of the molecule is Cc1ccc(NS(=O)(=O)CC2CCNCC2)cc1F. The van der Waals surface area contributed by atoms with Crippen LogP contribution in [0.3, 0.4) is 0 Å². The third-order valence-corrected chi connectivity index (χ3v) is 4.82. The van der Waals surface area contributed by atoms with Gasteiger partial charge in [0.15, 0.2) is 0 Å². The lowest BCUT2D eigenvalue weighted by Crippen LogP contribution is -2.33. The maximum atomic E-state index is 13.4. The Bertz CT molecular complexity index is 540. The number of hydrogen-bond acceptors (Lipinski definition) is 3. The van der Waals surface area contributed by atoms with Crippen LogP contribution in [0.5, 0.6) is 0 Å². The Kier molecular flexibility index (Phi) is 4.42. The molecule has 1 fully saturated rings. The van der Waals surface area contributed by atoms with E-state index in [1.807, 2.05) is 0 Å². The number of benzene rings is 1. The quantitative estimate of drug-likeness (QED) is 0.888. The van der Waals surface area contributed by atoms with E-state index in [1.54, 1.807) is 19.1 Å². The summed E-state index contributed by atoms with van der Waals surface area (Å²) in [6.07, 6.45) is 1.73. The highest BCUT2D eigenvalue weighted by atomic mass is 32.2. The zero-order chi connectivity index (χ0) is 13.9. The van der Waals surface area contributed by atoms with Crippen molar-refractivity contribution in [3.63, 3.8) is 0 Å². The van der Waals surface area contributed by atoms with E-state index < -0.39 is 15.8 Å². The van der Waals surface area contributed by atoms with E-state index in [1.165, 1.54) is 6.07 Å². The normalized spacial score (nSPS) is 17.4. The zero-order valence-electron chi connectivity index (χ0n) is 10.9. The van der Waals surface area contributed by atoms with Crippen LogP contribution in [0.25, 0.3) is 0 Å². The lowest BCUT2D eigenvalue weighted by Gasteiger charge is -2.22. The van der Waals surface area contributed by atoms with Gasteiger partial charge in [0.1, 0.15) is 5.82 Å². The first-order valence-corrected chi connectivity index (χ1v) is 8.09. The van der Waals surface area contributed by atoms with Crippen LogP contribution in [0, 0.1) is 18.7 Å². The maximum absolute atomic E-state index is 13.4. The summed E-state index contributed by atoms with van der Waals surface area (Å²) in [5, 5.41) is 3.20. The summed E-state index contributed by atoms with van der Waals surface area (Å²) in [6, 6.07) is 4.37. The summed E-state index contributed by atoms with van der Waals surface area (Å²) < 4.78 is 39.8. The number of nitrogens with one attached hydrogen (secondary N) is 2. The molecule has 1 aliphatic heterocycles. The van der Waals surface area contributed by atoms with E-state index in [4.69, 9.17) is 0 Å². The molecule has 2 rings (SSSR count). The summed E-state index contributed by atoms with van der Waals surface area (Å²) in [6.45, 7) is 3.36. The monoisotopic (exact) mass is 286 g/mol. The van der Waals surface area contributed by atoms with Crippen molar-refractivity contribution in [2.45, 2.75) is 19.8 Å². The third kappa shape index (κ3) is 4.18. The predicted molar refractivity (Wildman–Crippen MR) is 74.1 cm³/mol. The second-order valence-corrected chi connectivity index (χ2v) is 6.81. The van der Waals surface area contributed by atoms with Gasteiger partial charge in [-0.15, -0.1) is 0 Å². The molecule has 0 radical (unpaired) electrons. The van der Waals surface area contributed by atoms with Gasteiger partial charge in [0.25, 0.3) is 0 Å². The fraction of sp³-hybridized carbons (Fsp3) is 0.538. The first-order chi connectivity index (χ1) is 8.96. The second kappa shape index (κ2) is 5.88. The van der Waals surface area contributed by atoms with Crippen molar-refractivity contribution in [1.82, 2.24) is 5.32 Å². The molecule has 106 valence electrons. The molecule has 0 amide bonds. The molecule has 4 nitrogen and oxygen atoms in total. The molecule has 1 aromatic rings. The molecule has 0 bridgehead atoms. The molecule has 2 N–H and O–H groups in total. The van der Waals surface area contributed by atoms with E-state index >= 15 is 0 Å². The number of piperidine rings is 1. The Labute approximate surface area is 113 Å². The number of hydrogen-bond donors (Lipinski definition) is 2. The predicted octanol–water partition coefficient (Wildman–Crippen LogP) is 1.88. The van der Waals surface area contributed by atoms with Crippen LogP contribution in [0.1, 0.15) is 18.4 Å². The standard InChI is InChI=1S/C13H19FN2O2S/c1-10-2-3-12(8-13(10)14)16-19(17,18)9-11-4-6-15-7-5-11/h2-3,8,11,15-16H,4-7,9H2,1H3. The van der Waals surface area contributed by atoms with E-state index in [0.717, 1.165) is 25.9 Å². The summed E-state index contributed by atoms with van der Waals surface area (Å²) in [4.78, 5) is 0. The van der Waals surface area contributed by atoms with Crippen molar-refractivity contribution in [3.05, 3.63) is 29.6 Å². The highest BCUT2D eigenvalue weighted by molar-refractivity contribution is 7.92. The van der Waals surface area contributed by atoms with Crippen molar-refractivity contribution in [3.8, 4) is 0 Å². The van der Waals surface area contributed by atoms with Crippen LogP contribution >= 0.6 is 0 Å². The molecule has 1 heterocycles. The minimum absolute atomic E-state index is 0.101. The first-order valence-electron chi connectivity index (χ1n) is 6.44. The van der Waals surface area contributed by atoms with Gasteiger partial charge in [0.2, 0.25) is 10.0 Å². The Morgan fingerprint density at radius 1 is 1.37 bits per heavy atom. The molecule has 1 aliphatic rings. The van der Waals surface area contributed by atoms with Crippen molar-refractivity contribution in [2.24, 2.45) is 5.92 Å². The van der Waals surface area contributed by atoms with Crippen molar-refractivity contribution in [1.29, 1.82) is 0 Å². The van der Waals surface area contributed by atoms with E-state index in [-0.39, 0.29) is 17.4 Å². The largest absolute Gasteiger partial charge is 0.317 e. The zero-order valence-corrected chi connectivity index (χ0v) is 11.8. The molecule has 0 unspecified atom stereocenters. The summed E-state index contributed by atoms with van der Waals surface area (Å²) in [5.74, 6) is -0.124. The van der Waals surface area contributed by atoms with Crippen LogP contribution in [-0.4, -0.2) is 27.3 Å². The Morgan fingerprint density at radius 2 is 2.05 bits per heavy atom. The Morgan fingerprint density at radius 3 is 2.68 bits per heavy atom. The van der Waals surface area contributed by atoms with Crippen molar-refractivity contribution in [2.75, 3.05) is 23.6 Å². The van der Waals surface area contributed by atoms with Gasteiger partial charge < -0.3 is 5.32 Å². The summed E-state index contributed by atoms with van der Waals surface area (Å²) >= 11 is 0. The lowest BCUT2D eigenvalue weighted by molar-refractivity contribution is 0.402. The van der Waals surface area contributed by atoms with Gasteiger partial charge in [0.05, 0.1) is 11.4 Å². The van der Waals surface area contributed by atoms with E-state index in [9.17, 15) is 12.8 Å². The van der Waals surface area contributed by atoms with Gasteiger partial charge in [-0.25, -0.2) is 12.8 Å². The average Bonchev–Trinajstić information content (AvgIpc) is 2.34. The van der Waals surface area contributed by atoms with Gasteiger partial charge in [-0.2, -0.15) is 0 Å². The van der Waals surface area contributed by atoms with Gasteiger partial charge in [0, 0.05) is 0 Å². The Hall–Kier alpha value is -1.14.